The van der Waals surface area contributed by atoms with Crippen LogP contribution in [0.15, 0.2) is 12.1 Å². The van der Waals surface area contributed by atoms with Crippen LogP contribution in [-0.4, -0.2) is 49.3 Å². The highest BCUT2D eigenvalue weighted by Gasteiger charge is 2.27. The molecule has 1 N–H and O–H groups in total. The van der Waals surface area contributed by atoms with Gasteiger partial charge in [0.25, 0.3) is 0 Å². The number of aryl methyl sites for hydroxylation is 1. The van der Waals surface area contributed by atoms with Gasteiger partial charge >= 0.3 is 5.97 Å². The van der Waals surface area contributed by atoms with Gasteiger partial charge in [0, 0.05) is 17.3 Å². The van der Waals surface area contributed by atoms with Gasteiger partial charge in [0.2, 0.25) is 5.75 Å². The number of nitrogens with one attached hydrogen (secondary N) is 1. The van der Waals surface area contributed by atoms with Gasteiger partial charge in [-0.25, -0.2) is 9.78 Å². The van der Waals surface area contributed by atoms with Gasteiger partial charge in [-0.1, -0.05) is 37.0 Å². The zero-order chi connectivity index (χ0) is 24.2. The molecule has 2 heterocycles. The largest absolute Gasteiger partial charge is 0.493 e. The Labute approximate surface area is 204 Å². The topological polar surface area (TPSA) is 83.3 Å². The lowest BCUT2D eigenvalue weighted by molar-refractivity contribution is 0.0531. The fraction of sp³-hybridized carbons (Fsp3) is 0.520. The number of ether oxygens (including phenoxy) is 4. The maximum atomic E-state index is 12.6. The minimum absolute atomic E-state index is 0.315. The Morgan fingerprint density at radius 3 is 2.29 bits per heavy atom. The molecular formula is C25H33N3O5S. The summed E-state index contributed by atoms with van der Waals surface area (Å²) >= 11 is 1.35. The van der Waals surface area contributed by atoms with E-state index in [0.717, 1.165) is 40.6 Å². The number of hydrogen-bond acceptors (Lipinski definition) is 8. The summed E-state index contributed by atoms with van der Waals surface area (Å²) < 4.78 is 24.0. The summed E-state index contributed by atoms with van der Waals surface area (Å²) in [7, 11) is 4.80. The molecule has 1 saturated carbocycles. The summed E-state index contributed by atoms with van der Waals surface area (Å²) in [4.78, 5) is 18.8. The smallest absolute Gasteiger partial charge is 0.350 e. The second-order valence-electron chi connectivity index (χ2n) is 8.41. The minimum atomic E-state index is -0.315. The molecule has 34 heavy (non-hydrogen) atoms. The van der Waals surface area contributed by atoms with Crippen LogP contribution < -0.4 is 19.5 Å². The summed E-state index contributed by atoms with van der Waals surface area (Å²) in [5, 5.41) is 3.78. The first-order valence-electron chi connectivity index (χ1n) is 11.8. The van der Waals surface area contributed by atoms with Crippen molar-refractivity contribution in [2.75, 3.05) is 33.3 Å². The molecule has 9 heteroatoms. The van der Waals surface area contributed by atoms with Crippen LogP contribution in [0.5, 0.6) is 17.2 Å². The fourth-order valence-electron chi connectivity index (χ4n) is 4.60. The van der Waals surface area contributed by atoms with E-state index in [1.807, 2.05) is 30.4 Å². The highest BCUT2D eigenvalue weighted by Crippen LogP contribution is 2.44. The first-order chi connectivity index (χ1) is 16.5. The van der Waals surface area contributed by atoms with Gasteiger partial charge in [0.05, 0.1) is 27.9 Å². The van der Waals surface area contributed by atoms with Crippen molar-refractivity contribution in [1.82, 2.24) is 9.38 Å². The lowest BCUT2D eigenvalue weighted by Crippen LogP contribution is -2.20. The molecule has 0 saturated heterocycles. The number of nitrogens with zero attached hydrogens (tertiary/aromatic N) is 2. The average molecular weight is 488 g/mol. The maximum absolute atomic E-state index is 12.6. The van der Waals surface area contributed by atoms with Crippen molar-refractivity contribution in [2.45, 2.75) is 58.4 Å². The Balaban J connectivity index is 1.88. The molecule has 0 aliphatic heterocycles. The summed E-state index contributed by atoms with van der Waals surface area (Å²) in [6.45, 7) is 4.09. The number of esters is 1. The summed E-state index contributed by atoms with van der Waals surface area (Å²) in [5.74, 6) is 2.23. The molecule has 1 aliphatic carbocycles. The number of anilines is 1. The van der Waals surface area contributed by atoms with E-state index >= 15 is 0 Å². The van der Waals surface area contributed by atoms with Crippen molar-refractivity contribution in [1.29, 1.82) is 0 Å². The Kier molecular flexibility index (Phi) is 7.50. The lowest BCUT2D eigenvalue weighted by Gasteiger charge is -2.19. The first kappa shape index (κ1) is 24.2. The predicted octanol–water partition coefficient (Wildman–Crippen LogP) is 5.71. The minimum Gasteiger partial charge on any atom is -0.493 e. The van der Waals surface area contributed by atoms with E-state index in [1.165, 1.54) is 37.0 Å². The van der Waals surface area contributed by atoms with Crippen LogP contribution in [-0.2, 0) is 4.74 Å². The monoisotopic (exact) mass is 487 g/mol. The average Bonchev–Trinajstić information content (AvgIpc) is 3.23. The van der Waals surface area contributed by atoms with E-state index < -0.39 is 0 Å². The Hall–Kier alpha value is -2.94. The molecule has 0 atom stereocenters. The fourth-order valence-corrected chi connectivity index (χ4v) is 5.62. The second kappa shape index (κ2) is 10.5. The van der Waals surface area contributed by atoms with Crippen LogP contribution in [0.25, 0.3) is 16.2 Å². The standard InChI is InChI=1S/C25H33N3O5S/c1-6-33-24(29)22-15(2)28-23(26-17-11-9-7-8-10-12-17)20(27-25(28)34-22)16-13-18(30-3)21(32-5)19(14-16)31-4/h13-14,17,26H,6-12H2,1-5H3. The number of benzene rings is 1. The second-order valence-corrected chi connectivity index (χ2v) is 9.39. The normalized spacial score (nSPS) is 14.6. The van der Waals surface area contributed by atoms with Crippen LogP contribution >= 0.6 is 11.3 Å². The molecule has 2 aromatic heterocycles. The van der Waals surface area contributed by atoms with Gasteiger partial charge in [-0.05, 0) is 38.8 Å². The van der Waals surface area contributed by atoms with E-state index in [4.69, 9.17) is 23.9 Å². The molecule has 0 amide bonds. The Bertz CT molecular complexity index is 1140. The molecule has 184 valence electrons. The summed E-state index contributed by atoms with van der Waals surface area (Å²) in [6, 6.07) is 4.16. The predicted molar refractivity (Wildman–Crippen MR) is 134 cm³/mol. The quantitative estimate of drug-likeness (QED) is 0.322. The SMILES string of the molecule is CCOC(=O)c1sc2nc(-c3cc(OC)c(OC)c(OC)c3)c(NC3CCCCCC3)n2c1C. The number of carbonyl (C=O) groups excluding carboxylic acids is 1. The van der Waals surface area contributed by atoms with E-state index in [9.17, 15) is 4.79 Å². The summed E-state index contributed by atoms with van der Waals surface area (Å²) in [6.07, 6.45) is 7.16. The van der Waals surface area contributed by atoms with Crippen molar-refractivity contribution in [3.63, 3.8) is 0 Å². The van der Waals surface area contributed by atoms with Crippen LogP contribution in [0.3, 0.4) is 0 Å². The first-order valence-corrected chi connectivity index (χ1v) is 12.6. The van der Waals surface area contributed by atoms with E-state index in [-0.39, 0.29) is 5.97 Å². The summed E-state index contributed by atoms with van der Waals surface area (Å²) in [5.41, 5.74) is 2.45. The lowest BCUT2D eigenvalue weighted by atomic mass is 10.1. The van der Waals surface area contributed by atoms with Crippen molar-refractivity contribution in [3.8, 4) is 28.5 Å². The third-order valence-electron chi connectivity index (χ3n) is 6.30. The third-order valence-corrected chi connectivity index (χ3v) is 7.42. The van der Waals surface area contributed by atoms with Crippen LogP contribution in [0.1, 0.15) is 60.8 Å². The molecule has 8 nitrogen and oxygen atoms in total. The molecule has 3 aromatic rings. The van der Waals surface area contributed by atoms with Crippen LogP contribution in [0.4, 0.5) is 5.82 Å². The number of imidazole rings is 1. The molecule has 0 unspecified atom stereocenters. The van der Waals surface area contributed by atoms with Gasteiger partial charge < -0.3 is 24.3 Å². The van der Waals surface area contributed by atoms with Crippen LogP contribution in [0.2, 0.25) is 0 Å². The number of rotatable bonds is 8. The molecule has 1 fully saturated rings. The van der Waals surface area contributed by atoms with E-state index in [2.05, 4.69) is 5.32 Å². The molecule has 1 aliphatic rings. The zero-order valence-corrected chi connectivity index (χ0v) is 21.3. The van der Waals surface area contributed by atoms with Gasteiger partial charge in [0.1, 0.15) is 16.4 Å². The Morgan fingerprint density at radius 1 is 1.09 bits per heavy atom. The number of carbonyl (C=O) groups is 1. The third kappa shape index (κ3) is 4.53. The molecule has 0 bridgehead atoms. The number of aromatic nitrogens is 2. The number of hydrogen-bond donors (Lipinski definition) is 1. The van der Waals surface area contributed by atoms with E-state index in [0.29, 0.717) is 34.8 Å². The van der Waals surface area contributed by atoms with Gasteiger partial charge in [0.15, 0.2) is 16.5 Å². The van der Waals surface area contributed by atoms with E-state index in [1.54, 1.807) is 21.3 Å². The number of methoxy groups -OCH3 is 3. The zero-order valence-electron chi connectivity index (χ0n) is 20.5. The highest BCUT2D eigenvalue weighted by atomic mass is 32.1. The Morgan fingerprint density at radius 2 is 1.74 bits per heavy atom. The van der Waals surface area contributed by atoms with Crippen molar-refractivity contribution < 1.29 is 23.7 Å². The van der Waals surface area contributed by atoms with Crippen LogP contribution in [0, 0.1) is 6.92 Å². The highest BCUT2D eigenvalue weighted by molar-refractivity contribution is 7.19. The van der Waals surface area contributed by atoms with Gasteiger partial charge in [-0.15, -0.1) is 0 Å². The maximum Gasteiger partial charge on any atom is 0.350 e. The molecule has 0 radical (unpaired) electrons. The molecule has 0 spiro atoms. The number of thiazole rings is 1. The van der Waals surface area contributed by atoms with Gasteiger partial charge in [-0.2, -0.15) is 0 Å². The van der Waals surface area contributed by atoms with Crippen molar-refractivity contribution in [2.24, 2.45) is 0 Å². The molecule has 4 rings (SSSR count). The molecular weight excluding hydrogens is 454 g/mol. The van der Waals surface area contributed by atoms with Crippen molar-refractivity contribution >= 4 is 28.1 Å². The van der Waals surface area contributed by atoms with Crippen molar-refractivity contribution in [3.05, 3.63) is 22.7 Å². The van der Waals surface area contributed by atoms with Gasteiger partial charge in [-0.3, -0.25) is 4.40 Å². The molecule has 1 aromatic carbocycles. The number of fused-ring (bicyclic) bond motifs is 1.